The number of ketones is 1. The number of anilines is 1. The van der Waals surface area contributed by atoms with Crippen LogP contribution in [0.2, 0.25) is 0 Å². The largest absolute Gasteiger partial charge is 0.324 e. The number of nitrogens with zero attached hydrogens (tertiary/aromatic N) is 1. The Hall–Kier alpha value is -1.79. The first-order valence-corrected chi connectivity index (χ1v) is 10.5. The van der Waals surface area contributed by atoms with Crippen molar-refractivity contribution < 1.29 is 9.59 Å². The van der Waals surface area contributed by atoms with Gasteiger partial charge in [0.25, 0.3) is 0 Å². The highest BCUT2D eigenvalue weighted by atomic mass is 32.2. The smallest absolute Gasteiger partial charge is 0.321 e. The fraction of sp³-hybridized carbons (Fsp3) is 0.368. The molecule has 2 amide bonds. The lowest BCUT2D eigenvalue weighted by atomic mass is 9.92. The topological polar surface area (TPSA) is 49.4 Å². The molecule has 0 bridgehead atoms. The van der Waals surface area contributed by atoms with Crippen LogP contribution in [0.3, 0.4) is 0 Å². The van der Waals surface area contributed by atoms with E-state index >= 15 is 0 Å². The van der Waals surface area contributed by atoms with E-state index in [-0.39, 0.29) is 17.7 Å². The van der Waals surface area contributed by atoms with Crippen LogP contribution < -0.4 is 5.32 Å². The average Bonchev–Trinajstić information content (AvgIpc) is 3.07. The molecule has 1 aromatic carbocycles. The quantitative estimate of drug-likeness (QED) is 0.611. The maximum atomic E-state index is 12.8. The van der Waals surface area contributed by atoms with Crippen molar-refractivity contribution in [3.8, 4) is 0 Å². The second kappa shape index (κ2) is 8.06. The highest BCUT2D eigenvalue weighted by molar-refractivity contribution is 7.98. The molecule has 1 atom stereocenters. The van der Waals surface area contributed by atoms with Crippen LogP contribution in [0.4, 0.5) is 10.5 Å². The average molecular weight is 375 g/mol. The second-order valence-electron chi connectivity index (χ2n) is 6.21. The van der Waals surface area contributed by atoms with Gasteiger partial charge in [-0.1, -0.05) is 12.1 Å². The molecule has 1 unspecified atom stereocenters. The van der Waals surface area contributed by atoms with Crippen LogP contribution in [0, 0.1) is 12.8 Å². The number of para-hydroxylation sites is 1. The van der Waals surface area contributed by atoms with E-state index in [0.717, 1.165) is 33.9 Å². The maximum absolute atomic E-state index is 12.8. The number of thioether (sulfide) groups is 1. The number of hydrogen-bond donors (Lipinski definition) is 1. The normalized spacial score (nSPS) is 17.4. The summed E-state index contributed by atoms with van der Waals surface area (Å²) in [6, 6.07) is 9.62. The predicted octanol–water partition coefficient (Wildman–Crippen LogP) is 4.91. The number of rotatable bonds is 4. The molecule has 1 fully saturated rings. The van der Waals surface area contributed by atoms with Crippen molar-refractivity contribution in [3.05, 3.63) is 46.2 Å². The Bertz CT molecular complexity index is 772. The summed E-state index contributed by atoms with van der Waals surface area (Å²) in [7, 11) is 0. The molecule has 6 heteroatoms. The molecule has 1 N–H and O–H groups in total. The van der Waals surface area contributed by atoms with Crippen molar-refractivity contribution in [1.29, 1.82) is 0 Å². The second-order valence-corrected chi connectivity index (χ2v) is 7.98. The number of nitrogens with one attached hydrogen (secondary N) is 1. The van der Waals surface area contributed by atoms with Crippen LogP contribution >= 0.6 is 23.1 Å². The zero-order valence-electron chi connectivity index (χ0n) is 14.5. The fourth-order valence-electron chi connectivity index (χ4n) is 3.13. The van der Waals surface area contributed by atoms with Gasteiger partial charge in [0.15, 0.2) is 5.78 Å². The van der Waals surface area contributed by atoms with Gasteiger partial charge in [-0.2, -0.15) is 0 Å². The number of carbonyl (C=O) groups excluding carboxylic acids is 2. The number of carbonyl (C=O) groups is 2. The maximum Gasteiger partial charge on any atom is 0.321 e. The van der Waals surface area contributed by atoms with E-state index in [2.05, 4.69) is 5.32 Å². The summed E-state index contributed by atoms with van der Waals surface area (Å²) in [6.45, 7) is 3.15. The van der Waals surface area contributed by atoms with Gasteiger partial charge in [-0.25, -0.2) is 4.79 Å². The van der Waals surface area contributed by atoms with Gasteiger partial charge in [0.2, 0.25) is 0 Å². The van der Waals surface area contributed by atoms with Crippen molar-refractivity contribution >= 4 is 40.6 Å². The zero-order chi connectivity index (χ0) is 17.8. The predicted molar refractivity (Wildman–Crippen MR) is 105 cm³/mol. The highest BCUT2D eigenvalue weighted by Crippen LogP contribution is 2.28. The number of benzene rings is 1. The van der Waals surface area contributed by atoms with Crippen molar-refractivity contribution in [2.75, 3.05) is 24.7 Å². The van der Waals surface area contributed by atoms with Crippen molar-refractivity contribution in [3.63, 3.8) is 0 Å². The third-order valence-electron chi connectivity index (χ3n) is 4.51. The Kier molecular flexibility index (Phi) is 5.81. The van der Waals surface area contributed by atoms with Crippen molar-refractivity contribution in [1.82, 2.24) is 4.90 Å². The van der Waals surface area contributed by atoms with Crippen LogP contribution in [-0.4, -0.2) is 36.1 Å². The van der Waals surface area contributed by atoms with Crippen molar-refractivity contribution in [2.45, 2.75) is 24.7 Å². The minimum Gasteiger partial charge on any atom is -0.324 e. The SMILES string of the molecule is CSc1ccccc1NC(=O)N1CCCC(C(=O)c2sccc2C)C1. The summed E-state index contributed by atoms with van der Waals surface area (Å²) >= 11 is 3.10. The summed E-state index contributed by atoms with van der Waals surface area (Å²) in [6.07, 6.45) is 3.70. The number of thiophene rings is 1. The van der Waals surface area contributed by atoms with Gasteiger partial charge in [0.1, 0.15) is 0 Å². The number of amides is 2. The van der Waals surface area contributed by atoms with Gasteiger partial charge in [0.05, 0.1) is 10.6 Å². The van der Waals surface area contributed by atoms with Crippen LogP contribution in [0.1, 0.15) is 28.1 Å². The molecule has 0 aliphatic carbocycles. The number of urea groups is 1. The van der Waals surface area contributed by atoms with E-state index in [1.165, 1.54) is 11.3 Å². The minimum atomic E-state index is -0.123. The molecular formula is C19H22N2O2S2. The number of hydrogen-bond acceptors (Lipinski definition) is 4. The molecule has 1 aliphatic rings. The highest BCUT2D eigenvalue weighted by Gasteiger charge is 2.30. The summed E-state index contributed by atoms with van der Waals surface area (Å²) in [5.41, 5.74) is 1.85. The molecule has 25 heavy (non-hydrogen) atoms. The third kappa shape index (κ3) is 4.07. The molecule has 1 aromatic heterocycles. The van der Waals surface area contributed by atoms with Gasteiger partial charge in [0, 0.05) is 23.9 Å². The van der Waals surface area contributed by atoms with Crippen LogP contribution in [0.25, 0.3) is 0 Å². The Morgan fingerprint density at radius 2 is 2.08 bits per heavy atom. The molecule has 2 heterocycles. The number of Topliss-reactive ketones (excluding diaryl/α,β-unsaturated/α-hetero) is 1. The molecule has 2 aromatic rings. The molecule has 132 valence electrons. The van der Waals surface area contributed by atoms with Gasteiger partial charge in [-0.05, 0) is 55.2 Å². The fourth-order valence-corrected chi connectivity index (χ4v) is 4.63. The van der Waals surface area contributed by atoms with Gasteiger partial charge < -0.3 is 10.2 Å². The van der Waals surface area contributed by atoms with E-state index in [0.29, 0.717) is 13.1 Å². The molecule has 0 saturated carbocycles. The van der Waals surface area contributed by atoms with Gasteiger partial charge in [-0.3, -0.25) is 4.79 Å². The summed E-state index contributed by atoms with van der Waals surface area (Å²) in [5, 5.41) is 4.95. The van der Waals surface area contributed by atoms with E-state index < -0.39 is 0 Å². The van der Waals surface area contributed by atoms with Crippen LogP contribution in [0.5, 0.6) is 0 Å². The molecule has 1 saturated heterocycles. The first-order chi connectivity index (χ1) is 12.1. The lowest BCUT2D eigenvalue weighted by Crippen LogP contribution is -2.44. The number of likely N-dealkylation sites (tertiary alicyclic amines) is 1. The standard InChI is InChI=1S/C19H22N2O2S2/c1-13-9-11-25-18(13)17(22)14-6-5-10-21(12-14)19(23)20-15-7-3-4-8-16(15)24-2/h3-4,7-9,11,14H,5-6,10,12H2,1-2H3,(H,20,23). The van der Waals surface area contributed by atoms with Crippen LogP contribution in [-0.2, 0) is 0 Å². The number of aryl methyl sites for hydroxylation is 1. The summed E-state index contributed by atoms with van der Waals surface area (Å²) in [5.74, 6) is 0.0714. The Labute approximate surface area is 156 Å². The molecule has 4 nitrogen and oxygen atoms in total. The van der Waals surface area contributed by atoms with E-state index in [1.807, 2.05) is 48.9 Å². The Morgan fingerprint density at radius 3 is 2.80 bits per heavy atom. The molecule has 1 aliphatic heterocycles. The van der Waals surface area contributed by atoms with E-state index in [9.17, 15) is 9.59 Å². The van der Waals surface area contributed by atoms with E-state index in [1.54, 1.807) is 16.7 Å². The monoisotopic (exact) mass is 374 g/mol. The molecule has 0 spiro atoms. The summed E-state index contributed by atoms with van der Waals surface area (Å²) < 4.78 is 0. The van der Waals surface area contributed by atoms with E-state index in [4.69, 9.17) is 0 Å². The molecule has 0 radical (unpaired) electrons. The van der Waals surface area contributed by atoms with Crippen LogP contribution in [0.15, 0.2) is 40.6 Å². The number of piperidine rings is 1. The lowest BCUT2D eigenvalue weighted by Gasteiger charge is -2.32. The van der Waals surface area contributed by atoms with Gasteiger partial charge in [-0.15, -0.1) is 23.1 Å². The van der Waals surface area contributed by atoms with Crippen molar-refractivity contribution in [2.24, 2.45) is 5.92 Å². The minimum absolute atomic E-state index is 0.104. The summed E-state index contributed by atoms with van der Waals surface area (Å²) in [4.78, 5) is 29.1. The molecule has 3 rings (SSSR count). The third-order valence-corrected chi connectivity index (χ3v) is 6.34. The van der Waals surface area contributed by atoms with Gasteiger partial charge >= 0.3 is 6.03 Å². The molecular weight excluding hydrogens is 352 g/mol. The first-order valence-electron chi connectivity index (χ1n) is 8.37. The Balaban J connectivity index is 1.67. The zero-order valence-corrected chi connectivity index (χ0v) is 16.1. The lowest BCUT2D eigenvalue weighted by molar-refractivity contribution is 0.0855. The first kappa shape index (κ1) is 18.0. The Morgan fingerprint density at radius 1 is 1.28 bits per heavy atom.